The highest BCUT2D eigenvalue weighted by atomic mass is 16.6. The molecule has 0 saturated carbocycles. The molecule has 0 aliphatic heterocycles. The Morgan fingerprint density at radius 2 is 1.91 bits per heavy atom. The molecule has 2 N–H and O–H groups in total. The van der Waals surface area contributed by atoms with Gasteiger partial charge in [-0.15, -0.1) is 0 Å². The molecule has 0 unspecified atom stereocenters. The van der Waals surface area contributed by atoms with Gasteiger partial charge in [-0.05, 0) is 24.4 Å². The summed E-state index contributed by atoms with van der Waals surface area (Å²) in [6.07, 6.45) is 4.40. The van der Waals surface area contributed by atoms with Crippen LogP contribution < -0.4 is 10.6 Å². The van der Waals surface area contributed by atoms with Crippen molar-refractivity contribution in [2.24, 2.45) is 0 Å². The molecule has 1 heterocycles. The zero-order valence-corrected chi connectivity index (χ0v) is 13.3. The molecule has 0 radical (unpaired) electrons. The van der Waals surface area contributed by atoms with Crippen LogP contribution in [0.15, 0.2) is 12.4 Å². The highest BCUT2D eigenvalue weighted by molar-refractivity contribution is 5.80. The molecule has 23 heavy (non-hydrogen) atoms. The van der Waals surface area contributed by atoms with Gasteiger partial charge in [-0.3, -0.25) is 9.59 Å². The lowest BCUT2D eigenvalue weighted by Crippen LogP contribution is -2.29. The number of carbonyl (C=O) groups excluding carboxylic acids is 2. The Morgan fingerprint density at radius 1 is 1.26 bits per heavy atom. The fourth-order valence-electron chi connectivity index (χ4n) is 1.90. The Hall–Kier alpha value is -2.13. The standard InChI is InChI=1S/C14H23N5O4/c1-2-12(20)10-15-5-3-6-16-11-13(21)4-8-18-9-7-17-14(18)19(22)23/h7,9,15-16H,2-6,8,10-11H2,1H3. The monoisotopic (exact) mass is 325 g/mol. The SMILES string of the molecule is CCC(=O)CNCCCNCC(=O)CCn1ccnc1[N+](=O)[O-]. The summed E-state index contributed by atoms with van der Waals surface area (Å²) in [5.41, 5.74) is 0. The van der Waals surface area contributed by atoms with Gasteiger partial charge in [0.2, 0.25) is 0 Å². The Bertz CT molecular complexity index is 529. The fraction of sp³-hybridized carbons (Fsp3) is 0.643. The molecular formula is C14H23N5O4. The summed E-state index contributed by atoms with van der Waals surface area (Å²) in [6.45, 7) is 4.08. The maximum absolute atomic E-state index is 11.7. The molecule has 0 saturated heterocycles. The van der Waals surface area contributed by atoms with Crippen molar-refractivity contribution in [2.45, 2.75) is 32.7 Å². The van der Waals surface area contributed by atoms with E-state index in [9.17, 15) is 19.7 Å². The number of aromatic nitrogens is 2. The Morgan fingerprint density at radius 3 is 2.52 bits per heavy atom. The zero-order valence-electron chi connectivity index (χ0n) is 13.3. The molecule has 0 aromatic carbocycles. The minimum absolute atomic E-state index is 0.0119. The van der Waals surface area contributed by atoms with E-state index in [4.69, 9.17) is 0 Å². The molecule has 0 bridgehead atoms. The lowest BCUT2D eigenvalue weighted by atomic mass is 10.2. The van der Waals surface area contributed by atoms with E-state index in [0.717, 1.165) is 6.42 Å². The van der Waals surface area contributed by atoms with E-state index in [2.05, 4.69) is 15.6 Å². The Kier molecular flexibility index (Phi) is 8.70. The molecule has 0 aliphatic carbocycles. The quantitative estimate of drug-likeness (QED) is 0.304. The Balaban J connectivity index is 2.07. The zero-order chi connectivity index (χ0) is 17.1. The van der Waals surface area contributed by atoms with Gasteiger partial charge in [-0.2, -0.15) is 0 Å². The molecule has 0 amide bonds. The van der Waals surface area contributed by atoms with Crippen molar-refractivity contribution < 1.29 is 14.5 Å². The van der Waals surface area contributed by atoms with Crippen LogP contribution in [0.1, 0.15) is 26.2 Å². The summed E-state index contributed by atoms with van der Waals surface area (Å²) in [5, 5.41) is 16.7. The number of nitrogens with one attached hydrogen (secondary N) is 2. The van der Waals surface area contributed by atoms with Crippen molar-refractivity contribution in [3.63, 3.8) is 0 Å². The average Bonchev–Trinajstić information content (AvgIpc) is 3.00. The Labute approximate surface area is 134 Å². The van der Waals surface area contributed by atoms with Crippen molar-refractivity contribution in [1.82, 2.24) is 20.2 Å². The van der Waals surface area contributed by atoms with Gasteiger partial charge < -0.3 is 20.7 Å². The lowest BCUT2D eigenvalue weighted by molar-refractivity contribution is -0.396. The number of aryl methyl sites for hydroxylation is 1. The second kappa shape index (κ2) is 10.6. The van der Waals surface area contributed by atoms with E-state index < -0.39 is 4.92 Å². The first-order valence-corrected chi connectivity index (χ1v) is 7.65. The van der Waals surface area contributed by atoms with E-state index in [1.54, 1.807) is 0 Å². The van der Waals surface area contributed by atoms with Crippen LogP contribution in [0.3, 0.4) is 0 Å². The summed E-state index contributed by atoms with van der Waals surface area (Å²) in [6, 6.07) is 0. The van der Waals surface area contributed by atoms with Gasteiger partial charge in [0.15, 0.2) is 0 Å². The molecule has 0 spiro atoms. The van der Waals surface area contributed by atoms with Gasteiger partial charge in [0.25, 0.3) is 0 Å². The number of nitro groups is 1. The van der Waals surface area contributed by atoms with Crippen molar-refractivity contribution in [1.29, 1.82) is 0 Å². The molecule has 9 nitrogen and oxygen atoms in total. The average molecular weight is 325 g/mol. The third-order valence-electron chi connectivity index (χ3n) is 3.23. The predicted octanol–water partition coefficient (Wildman–Crippen LogP) is 0.299. The van der Waals surface area contributed by atoms with Crippen molar-refractivity contribution in [3.8, 4) is 0 Å². The summed E-state index contributed by atoms with van der Waals surface area (Å²) >= 11 is 0. The second-order valence-corrected chi connectivity index (χ2v) is 5.07. The summed E-state index contributed by atoms with van der Waals surface area (Å²) in [4.78, 5) is 36.5. The normalized spacial score (nSPS) is 10.7. The van der Waals surface area contributed by atoms with E-state index in [-0.39, 0.29) is 37.0 Å². The van der Waals surface area contributed by atoms with Crippen LogP contribution in [0.5, 0.6) is 0 Å². The van der Waals surface area contributed by atoms with E-state index in [0.29, 0.717) is 26.1 Å². The second-order valence-electron chi connectivity index (χ2n) is 5.07. The van der Waals surface area contributed by atoms with Crippen LogP contribution in [0, 0.1) is 10.1 Å². The number of hydrogen-bond acceptors (Lipinski definition) is 7. The first-order chi connectivity index (χ1) is 11.0. The number of ketones is 2. The smallest absolute Gasteiger partial charge is 0.390 e. The lowest BCUT2D eigenvalue weighted by Gasteiger charge is -2.05. The van der Waals surface area contributed by atoms with Gasteiger partial charge in [0.05, 0.1) is 19.6 Å². The minimum atomic E-state index is -0.570. The molecule has 0 aliphatic rings. The van der Waals surface area contributed by atoms with Crippen LogP contribution in [-0.2, 0) is 16.1 Å². The highest BCUT2D eigenvalue weighted by Gasteiger charge is 2.14. The number of nitrogens with zero attached hydrogens (tertiary/aromatic N) is 3. The highest BCUT2D eigenvalue weighted by Crippen LogP contribution is 2.07. The third-order valence-corrected chi connectivity index (χ3v) is 3.23. The number of rotatable bonds is 13. The van der Waals surface area contributed by atoms with Crippen LogP contribution in [0.4, 0.5) is 5.95 Å². The first-order valence-electron chi connectivity index (χ1n) is 7.65. The maximum Gasteiger partial charge on any atom is 0.434 e. The summed E-state index contributed by atoms with van der Waals surface area (Å²) < 4.78 is 1.35. The van der Waals surface area contributed by atoms with Gasteiger partial charge in [-0.1, -0.05) is 11.9 Å². The first kappa shape index (κ1) is 18.9. The number of imidazole rings is 1. The fourth-order valence-corrected chi connectivity index (χ4v) is 1.90. The molecule has 1 aromatic heterocycles. The molecular weight excluding hydrogens is 302 g/mol. The van der Waals surface area contributed by atoms with Crippen LogP contribution >= 0.6 is 0 Å². The predicted molar refractivity (Wildman–Crippen MR) is 84.2 cm³/mol. The van der Waals surface area contributed by atoms with E-state index >= 15 is 0 Å². The molecule has 128 valence electrons. The van der Waals surface area contributed by atoms with Crippen LogP contribution in [-0.4, -0.2) is 52.2 Å². The molecule has 1 aromatic rings. The number of carbonyl (C=O) groups is 2. The van der Waals surface area contributed by atoms with Gasteiger partial charge in [0, 0.05) is 12.8 Å². The molecule has 0 atom stereocenters. The van der Waals surface area contributed by atoms with E-state index in [1.807, 2.05) is 6.92 Å². The molecule has 9 heteroatoms. The number of Topliss-reactive ketones (excluding diaryl/α,β-unsaturated/α-hetero) is 2. The van der Waals surface area contributed by atoms with Crippen LogP contribution in [0.25, 0.3) is 0 Å². The number of hydrogen-bond donors (Lipinski definition) is 2. The summed E-state index contributed by atoms with van der Waals surface area (Å²) in [5.74, 6) is -0.0812. The van der Waals surface area contributed by atoms with Crippen molar-refractivity contribution in [3.05, 3.63) is 22.5 Å². The van der Waals surface area contributed by atoms with Crippen LogP contribution in [0.2, 0.25) is 0 Å². The van der Waals surface area contributed by atoms with E-state index in [1.165, 1.54) is 17.0 Å². The largest absolute Gasteiger partial charge is 0.434 e. The minimum Gasteiger partial charge on any atom is -0.390 e. The van der Waals surface area contributed by atoms with Gasteiger partial charge in [0.1, 0.15) is 24.0 Å². The molecule has 0 fully saturated rings. The van der Waals surface area contributed by atoms with Gasteiger partial charge in [-0.25, -0.2) is 4.57 Å². The van der Waals surface area contributed by atoms with Crippen molar-refractivity contribution in [2.75, 3.05) is 26.2 Å². The maximum atomic E-state index is 11.7. The van der Waals surface area contributed by atoms with Gasteiger partial charge >= 0.3 is 5.95 Å². The molecule has 1 rings (SSSR count). The van der Waals surface area contributed by atoms with Crippen molar-refractivity contribution >= 4 is 17.5 Å². The topological polar surface area (TPSA) is 119 Å². The third kappa shape index (κ3) is 7.61. The summed E-state index contributed by atoms with van der Waals surface area (Å²) in [7, 11) is 0.